The van der Waals surface area contributed by atoms with Crippen LogP contribution in [0.2, 0.25) is 0 Å². The molecule has 6 nitrogen and oxygen atoms in total. The van der Waals surface area contributed by atoms with Crippen LogP contribution in [0.3, 0.4) is 0 Å². The third-order valence-corrected chi connectivity index (χ3v) is 7.25. The molecule has 4 aromatic carbocycles. The Morgan fingerprint density at radius 2 is 1.41 bits per heavy atom. The molecule has 7 heteroatoms. The maximum atomic E-state index is 6.20. The van der Waals surface area contributed by atoms with Crippen molar-refractivity contribution in [2.75, 3.05) is 33.5 Å². The Bertz CT molecular complexity index is 1630. The van der Waals surface area contributed by atoms with Gasteiger partial charge in [-0.05, 0) is 46.7 Å². The van der Waals surface area contributed by atoms with Gasteiger partial charge in [-0.2, -0.15) is 0 Å². The van der Waals surface area contributed by atoms with Crippen LogP contribution in [0.5, 0.6) is 0 Å². The lowest BCUT2D eigenvalue weighted by atomic mass is 10.1. The minimum atomic E-state index is 0. The van der Waals surface area contributed by atoms with Crippen molar-refractivity contribution in [3.05, 3.63) is 120 Å². The summed E-state index contributed by atoms with van der Waals surface area (Å²) in [5.74, 6) is 1.10. The fraction of sp³-hybridized carbons (Fsp3) is 0.235. The highest BCUT2D eigenvalue weighted by molar-refractivity contribution is 5.83. The summed E-state index contributed by atoms with van der Waals surface area (Å²) >= 11 is 0. The quantitative estimate of drug-likeness (QED) is 0.158. The van der Waals surface area contributed by atoms with Crippen molar-refractivity contribution >= 4 is 32.7 Å². The van der Waals surface area contributed by atoms with Gasteiger partial charge in [-0.25, -0.2) is 14.1 Å². The van der Waals surface area contributed by atoms with Gasteiger partial charge >= 0.3 is 0 Å². The number of ether oxygens (including phenoxy) is 3. The number of aromatic nitrogens is 3. The van der Waals surface area contributed by atoms with E-state index in [-0.39, 0.29) is 17.0 Å². The number of methoxy groups -OCH3 is 1. The summed E-state index contributed by atoms with van der Waals surface area (Å²) in [6.45, 7) is 4.04. The molecule has 2 heterocycles. The van der Waals surface area contributed by atoms with E-state index in [0.717, 1.165) is 34.5 Å². The first-order chi connectivity index (χ1) is 19.8. The average Bonchev–Trinajstić information content (AvgIpc) is 3.28. The number of para-hydroxylation sites is 3. The smallest absolute Gasteiger partial charge is 0.284 e. The van der Waals surface area contributed by atoms with Crippen LogP contribution < -0.4 is 21.5 Å². The number of fused-ring (bicyclic) bond motifs is 3. The number of hydrogen-bond acceptors (Lipinski definition) is 4. The van der Waals surface area contributed by atoms with Crippen molar-refractivity contribution < 1.29 is 35.8 Å². The maximum Gasteiger partial charge on any atom is 0.284 e. The summed E-state index contributed by atoms with van der Waals surface area (Å²) in [6, 6.07) is 36.3. The van der Waals surface area contributed by atoms with Gasteiger partial charge in [-0.1, -0.05) is 72.8 Å². The van der Waals surface area contributed by atoms with Gasteiger partial charge < -0.3 is 31.2 Å². The second-order valence-electron chi connectivity index (χ2n) is 9.91. The molecule has 0 saturated heterocycles. The van der Waals surface area contributed by atoms with Crippen LogP contribution >= 0.6 is 0 Å². The predicted octanol–water partition coefficient (Wildman–Crippen LogP) is 2.91. The molecule has 0 aliphatic heterocycles. The molecular formula is C34H34BrN3O3. The van der Waals surface area contributed by atoms with E-state index in [2.05, 4.69) is 100 Å². The van der Waals surface area contributed by atoms with Crippen LogP contribution in [-0.4, -0.2) is 43.1 Å². The SMILES string of the molecule is COCCOCCOCc1n(Cc2ccc3ccccc3n2)c2ccccc2[n+]1Cc1ccc2ccccc2c1.[Br-]. The van der Waals surface area contributed by atoms with E-state index in [9.17, 15) is 0 Å². The third kappa shape index (κ3) is 6.66. The van der Waals surface area contributed by atoms with Crippen LogP contribution in [0.25, 0.3) is 32.7 Å². The normalized spacial score (nSPS) is 11.3. The zero-order valence-electron chi connectivity index (χ0n) is 23.2. The number of imidazole rings is 1. The molecule has 2 aromatic heterocycles. The molecule has 0 unspecified atom stereocenters. The van der Waals surface area contributed by atoms with E-state index in [1.165, 1.54) is 21.9 Å². The number of hydrogen-bond donors (Lipinski definition) is 0. The molecule has 6 rings (SSSR count). The van der Waals surface area contributed by atoms with Crippen molar-refractivity contribution in [1.29, 1.82) is 0 Å². The van der Waals surface area contributed by atoms with Gasteiger partial charge in [0.2, 0.25) is 0 Å². The molecule has 0 saturated carbocycles. The van der Waals surface area contributed by atoms with Gasteiger partial charge in [0.15, 0.2) is 11.0 Å². The number of rotatable bonds is 12. The van der Waals surface area contributed by atoms with Gasteiger partial charge in [-0.3, -0.25) is 0 Å². The number of benzene rings is 4. The highest BCUT2D eigenvalue weighted by Gasteiger charge is 2.26. The number of pyridine rings is 1. The first kappa shape index (κ1) is 28.9. The lowest BCUT2D eigenvalue weighted by molar-refractivity contribution is -0.673. The lowest BCUT2D eigenvalue weighted by Gasteiger charge is -2.09. The first-order valence-corrected chi connectivity index (χ1v) is 13.8. The Morgan fingerprint density at radius 3 is 2.29 bits per heavy atom. The van der Waals surface area contributed by atoms with Crippen LogP contribution in [0.15, 0.2) is 103 Å². The highest BCUT2D eigenvalue weighted by Crippen LogP contribution is 2.21. The molecule has 0 aliphatic carbocycles. The highest BCUT2D eigenvalue weighted by atomic mass is 79.9. The van der Waals surface area contributed by atoms with Crippen LogP contribution in [0.4, 0.5) is 0 Å². The summed E-state index contributed by atoms with van der Waals surface area (Å²) in [7, 11) is 1.68. The van der Waals surface area contributed by atoms with E-state index in [1.54, 1.807) is 7.11 Å². The topological polar surface area (TPSA) is 49.4 Å². The summed E-state index contributed by atoms with van der Waals surface area (Å²) in [5, 5.41) is 3.64. The second-order valence-corrected chi connectivity index (χ2v) is 9.91. The Kier molecular flexibility index (Phi) is 9.75. The zero-order chi connectivity index (χ0) is 27.1. The molecule has 0 aliphatic rings. The molecule has 41 heavy (non-hydrogen) atoms. The summed E-state index contributed by atoms with van der Waals surface area (Å²) in [5.41, 5.74) is 5.60. The van der Waals surface area contributed by atoms with E-state index >= 15 is 0 Å². The van der Waals surface area contributed by atoms with Crippen molar-refractivity contribution in [2.45, 2.75) is 19.7 Å². The summed E-state index contributed by atoms with van der Waals surface area (Å²) in [4.78, 5) is 4.98. The van der Waals surface area contributed by atoms with Gasteiger partial charge in [0.25, 0.3) is 5.82 Å². The van der Waals surface area contributed by atoms with Crippen LogP contribution in [-0.2, 0) is 33.9 Å². The van der Waals surface area contributed by atoms with E-state index in [4.69, 9.17) is 19.2 Å². The Morgan fingerprint density at radius 1 is 0.707 bits per heavy atom. The molecule has 6 aromatic rings. The Labute approximate surface area is 250 Å². The Balaban J connectivity index is 0.00000337. The summed E-state index contributed by atoms with van der Waals surface area (Å²) in [6.07, 6.45) is 0. The minimum absolute atomic E-state index is 0. The lowest BCUT2D eigenvalue weighted by Crippen LogP contribution is -3.00. The molecule has 0 bridgehead atoms. The molecule has 0 N–H and O–H groups in total. The van der Waals surface area contributed by atoms with Crippen molar-refractivity contribution in [3.8, 4) is 0 Å². The van der Waals surface area contributed by atoms with Gasteiger partial charge in [-0.15, -0.1) is 0 Å². The third-order valence-electron chi connectivity index (χ3n) is 7.25. The Hall–Kier alpha value is -3.62. The fourth-order valence-electron chi connectivity index (χ4n) is 5.26. The largest absolute Gasteiger partial charge is 1.00 e. The van der Waals surface area contributed by atoms with Gasteiger partial charge in [0.05, 0.1) is 37.6 Å². The van der Waals surface area contributed by atoms with Crippen molar-refractivity contribution in [2.24, 2.45) is 0 Å². The second kappa shape index (κ2) is 13.8. The van der Waals surface area contributed by atoms with E-state index in [0.29, 0.717) is 39.6 Å². The predicted molar refractivity (Wildman–Crippen MR) is 158 cm³/mol. The molecule has 0 radical (unpaired) electrons. The standard InChI is InChI=1S/C34H34N3O3.BrH/c1-38-18-19-39-20-21-40-25-34-36(23-26-14-15-27-8-2-3-10-29(27)22-26)32-12-6-7-13-33(32)37(34)24-30-17-16-28-9-4-5-11-31(28)35-30;/h2-17,22H,18-21,23-25H2,1H3;1H/q+1;/p-1. The number of halogens is 1. The molecular weight excluding hydrogens is 578 g/mol. The van der Waals surface area contributed by atoms with Crippen molar-refractivity contribution in [1.82, 2.24) is 9.55 Å². The van der Waals surface area contributed by atoms with E-state index in [1.807, 2.05) is 12.1 Å². The summed E-state index contributed by atoms with van der Waals surface area (Å²) < 4.78 is 21.6. The minimum Gasteiger partial charge on any atom is -1.00 e. The monoisotopic (exact) mass is 611 g/mol. The maximum absolute atomic E-state index is 6.20. The van der Waals surface area contributed by atoms with Crippen LogP contribution in [0.1, 0.15) is 17.1 Å². The zero-order valence-corrected chi connectivity index (χ0v) is 24.8. The van der Waals surface area contributed by atoms with E-state index < -0.39 is 0 Å². The number of nitrogens with zero attached hydrogens (tertiary/aromatic N) is 3. The molecule has 0 atom stereocenters. The van der Waals surface area contributed by atoms with Gasteiger partial charge in [0, 0.05) is 12.5 Å². The van der Waals surface area contributed by atoms with Crippen molar-refractivity contribution in [3.63, 3.8) is 0 Å². The first-order valence-electron chi connectivity index (χ1n) is 13.8. The molecule has 210 valence electrons. The van der Waals surface area contributed by atoms with Gasteiger partial charge in [0.1, 0.15) is 19.7 Å². The molecule has 0 fully saturated rings. The molecule has 0 amide bonds. The fourth-order valence-corrected chi connectivity index (χ4v) is 5.26. The van der Waals surface area contributed by atoms with Crippen LogP contribution in [0, 0.1) is 0 Å². The average molecular weight is 613 g/mol. The molecule has 0 spiro atoms.